The van der Waals surface area contributed by atoms with Crippen molar-refractivity contribution in [2.75, 3.05) is 26.1 Å². The maximum absolute atomic E-state index is 14.1. The smallest absolute Gasteiger partial charge is 0.162 e. The Hall–Kier alpha value is -4.25. The number of carbonyl (C=O) groups excluding carboxylic acids is 1. The molecule has 2 atom stereocenters. The Balaban J connectivity index is 1.44. The Morgan fingerprint density at radius 2 is 1.62 bits per heavy atom. The number of allylic oxidation sites excluding steroid dienone is 1. The van der Waals surface area contributed by atoms with Crippen LogP contribution in [0.15, 0.2) is 84.4 Å². The molecule has 40 heavy (non-hydrogen) atoms. The molecule has 1 aliphatic carbocycles. The molecule has 2 aliphatic rings. The summed E-state index contributed by atoms with van der Waals surface area (Å²) in [6, 6.07) is 26.7. The van der Waals surface area contributed by atoms with Gasteiger partial charge in [0.05, 0.1) is 26.9 Å². The number of benzene rings is 4. The van der Waals surface area contributed by atoms with Crippen molar-refractivity contribution in [3.05, 3.63) is 101 Å². The highest BCUT2D eigenvalue weighted by atomic mass is 16.5. The number of anilines is 1. The molecule has 0 aromatic heterocycles. The third-order valence-corrected chi connectivity index (χ3v) is 8.19. The number of Topliss-reactive ketones (excluding diaryl/α,β-unsaturated/α-hetero) is 1. The van der Waals surface area contributed by atoms with Crippen molar-refractivity contribution in [2.45, 2.75) is 44.6 Å². The maximum atomic E-state index is 14.1. The molecule has 6 rings (SSSR count). The predicted molar refractivity (Wildman–Crippen MR) is 161 cm³/mol. The summed E-state index contributed by atoms with van der Waals surface area (Å²) < 4.78 is 17.0. The standard InChI is InChI=1S/C35H35NO4/c1-4-5-18-40-26-14-10-22(11-15-26)25-19-28-33-27-9-7-6-8-23(27)12-16-29(33)36-35(34(28)30(37)20-25)24-13-17-31(38-2)32(21-24)39-3/h6-17,21,25,35-36H,4-5,18-20H2,1-3H3/t25-,35+/m1/s1. The van der Waals surface area contributed by atoms with Crippen LogP contribution in [0.4, 0.5) is 5.69 Å². The first kappa shape index (κ1) is 26.0. The van der Waals surface area contributed by atoms with E-state index in [0.29, 0.717) is 17.9 Å². The molecule has 1 heterocycles. The molecule has 1 aliphatic heterocycles. The lowest BCUT2D eigenvalue weighted by Crippen LogP contribution is -2.29. The van der Waals surface area contributed by atoms with Crippen LogP contribution in [-0.4, -0.2) is 26.6 Å². The van der Waals surface area contributed by atoms with Gasteiger partial charge >= 0.3 is 0 Å². The van der Waals surface area contributed by atoms with E-state index in [2.05, 4.69) is 60.8 Å². The predicted octanol–water partition coefficient (Wildman–Crippen LogP) is 8.10. The first-order valence-corrected chi connectivity index (χ1v) is 14.1. The lowest BCUT2D eigenvalue weighted by atomic mass is 9.71. The molecule has 0 fully saturated rings. The highest BCUT2D eigenvalue weighted by molar-refractivity contribution is 6.13. The molecule has 0 unspecified atom stereocenters. The fourth-order valence-electron chi connectivity index (χ4n) is 6.14. The maximum Gasteiger partial charge on any atom is 0.162 e. The van der Waals surface area contributed by atoms with Gasteiger partial charge in [0.15, 0.2) is 17.3 Å². The van der Waals surface area contributed by atoms with Gasteiger partial charge in [-0.1, -0.05) is 61.9 Å². The average molecular weight is 534 g/mol. The van der Waals surface area contributed by atoms with Crippen molar-refractivity contribution in [3.8, 4) is 17.2 Å². The molecular weight excluding hydrogens is 498 g/mol. The van der Waals surface area contributed by atoms with Gasteiger partial charge in [-0.2, -0.15) is 0 Å². The number of ketones is 1. The van der Waals surface area contributed by atoms with Gasteiger partial charge in [0.2, 0.25) is 0 Å². The molecular formula is C35H35NO4. The minimum atomic E-state index is -0.272. The number of hydrogen-bond acceptors (Lipinski definition) is 5. The Labute approximate surface area is 235 Å². The van der Waals surface area contributed by atoms with E-state index in [9.17, 15) is 4.79 Å². The van der Waals surface area contributed by atoms with Crippen LogP contribution in [0.5, 0.6) is 17.2 Å². The molecule has 4 aromatic rings. The number of carbonyl (C=O) groups is 1. The van der Waals surface area contributed by atoms with Gasteiger partial charge in [-0.05, 0) is 76.6 Å². The fraction of sp³-hybridized carbons (Fsp3) is 0.286. The van der Waals surface area contributed by atoms with Gasteiger partial charge in [-0.25, -0.2) is 0 Å². The van der Waals surface area contributed by atoms with Gasteiger partial charge in [0.1, 0.15) is 5.75 Å². The van der Waals surface area contributed by atoms with Crippen LogP contribution in [-0.2, 0) is 4.79 Å². The summed E-state index contributed by atoms with van der Waals surface area (Å²) in [6.07, 6.45) is 3.41. The molecule has 5 nitrogen and oxygen atoms in total. The van der Waals surface area contributed by atoms with Gasteiger partial charge in [0, 0.05) is 23.2 Å². The van der Waals surface area contributed by atoms with Crippen LogP contribution in [0.1, 0.15) is 61.3 Å². The summed E-state index contributed by atoms with van der Waals surface area (Å²) in [4.78, 5) is 14.1. The number of rotatable bonds is 8. The third kappa shape index (κ3) is 4.70. The molecule has 5 heteroatoms. The number of methoxy groups -OCH3 is 2. The summed E-state index contributed by atoms with van der Waals surface area (Å²) in [7, 11) is 3.27. The highest BCUT2D eigenvalue weighted by Gasteiger charge is 2.38. The molecule has 0 amide bonds. The van der Waals surface area contributed by atoms with Crippen LogP contribution in [0.3, 0.4) is 0 Å². The Morgan fingerprint density at radius 3 is 2.40 bits per heavy atom. The molecule has 4 aromatic carbocycles. The van der Waals surface area contributed by atoms with Crippen LogP contribution >= 0.6 is 0 Å². The largest absolute Gasteiger partial charge is 0.494 e. The molecule has 0 saturated carbocycles. The minimum Gasteiger partial charge on any atom is -0.494 e. The zero-order valence-electron chi connectivity index (χ0n) is 23.3. The molecule has 0 bridgehead atoms. The summed E-state index contributed by atoms with van der Waals surface area (Å²) in [5.74, 6) is 2.48. The molecule has 0 saturated heterocycles. The zero-order valence-corrected chi connectivity index (χ0v) is 23.3. The molecule has 0 radical (unpaired) electrons. The average Bonchev–Trinajstić information content (AvgIpc) is 3.00. The monoisotopic (exact) mass is 533 g/mol. The molecule has 204 valence electrons. The lowest BCUT2D eigenvalue weighted by molar-refractivity contribution is -0.116. The van der Waals surface area contributed by atoms with Crippen molar-refractivity contribution in [3.63, 3.8) is 0 Å². The number of hydrogen-bond donors (Lipinski definition) is 1. The van der Waals surface area contributed by atoms with Gasteiger partial charge in [-0.15, -0.1) is 0 Å². The van der Waals surface area contributed by atoms with Gasteiger partial charge in [0.25, 0.3) is 0 Å². The van der Waals surface area contributed by atoms with E-state index in [1.807, 2.05) is 30.3 Å². The highest BCUT2D eigenvalue weighted by Crippen LogP contribution is 2.51. The summed E-state index contributed by atoms with van der Waals surface area (Å²) >= 11 is 0. The first-order valence-electron chi connectivity index (χ1n) is 14.1. The van der Waals surface area contributed by atoms with Gasteiger partial charge in [-0.3, -0.25) is 4.79 Å². The van der Waals surface area contributed by atoms with Crippen LogP contribution in [0.2, 0.25) is 0 Å². The van der Waals surface area contributed by atoms with Crippen LogP contribution in [0.25, 0.3) is 16.3 Å². The van der Waals surface area contributed by atoms with E-state index in [1.165, 1.54) is 16.3 Å². The molecule has 1 N–H and O–H groups in total. The van der Waals surface area contributed by atoms with Crippen LogP contribution in [0, 0.1) is 0 Å². The normalized spacial score (nSPS) is 18.1. The summed E-state index contributed by atoms with van der Waals surface area (Å²) in [6.45, 7) is 2.88. The Kier molecular flexibility index (Phi) is 7.21. The van der Waals surface area contributed by atoms with Gasteiger partial charge < -0.3 is 19.5 Å². The van der Waals surface area contributed by atoms with E-state index >= 15 is 0 Å². The Morgan fingerprint density at radius 1 is 0.850 bits per heavy atom. The van der Waals surface area contributed by atoms with Crippen molar-refractivity contribution in [1.29, 1.82) is 0 Å². The summed E-state index contributed by atoms with van der Waals surface area (Å²) in [5, 5.41) is 6.05. The van der Waals surface area contributed by atoms with Crippen molar-refractivity contribution < 1.29 is 19.0 Å². The lowest BCUT2D eigenvalue weighted by Gasteiger charge is -2.37. The second-order valence-electron chi connectivity index (χ2n) is 10.6. The number of ether oxygens (including phenoxy) is 3. The molecule has 0 spiro atoms. The van der Waals surface area contributed by atoms with E-state index in [0.717, 1.165) is 59.6 Å². The minimum absolute atomic E-state index is 0.104. The Bertz CT molecular complexity index is 1590. The SMILES string of the molecule is CCCCOc1ccc([C@H]2CC(=O)C3=C(C2)c2c(ccc4ccccc24)N[C@H]3c2ccc(OC)c(OC)c2)cc1. The zero-order chi connectivity index (χ0) is 27.6. The number of fused-ring (bicyclic) bond motifs is 4. The van der Waals surface area contributed by atoms with Crippen molar-refractivity contribution >= 4 is 27.8 Å². The second-order valence-corrected chi connectivity index (χ2v) is 10.6. The topological polar surface area (TPSA) is 56.8 Å². The number of nitrogens with one attached hydrogen (secondary N) is 1. The third-order valence-electron chi connectivity index (χ3n) is 8.19. The van der Waals surface area contributed by atoms with E-state index in [-0.39, 0.29) is 17.7 Å². The number of unbranched alkanes of at least 4 members (excludes halogenated alkanes) is 1. The van der Waals surface area contributed by atoms with E-state index < -0.39 is 0 Å². The van der Waals surface area contributed by atoms with Crippen molar-refractivity contribution in [1.82, 2.24) is 0 Å². The van der Waals surface area contributed by atoms with Crippen LogP contribution < -0.4 is 19.5 Å². The second kappa shape index (κ2) is 11.1. The van der Waals surface area contributed by atoms with Crippen molar-refractivity contribution in [2.24, 2.45) is 0 Å². The van der Waals surface area contributed by atoms with E-state index in [1.54, 1.807) is 14.2 Å². The quantitative estimate of drug-likeness (QED) is 0.232. The fourth-order valence-corrected chi connectivity index (χ4v) is 6.14. The summed E-state index contributed by atoms with van der Waals surface area (Å²) in [5.41, 5.74) is 6.32. The van der Waals surface area contributed by atoms with E-state index in [4.69, 9.17) is 14.2 Å². The first-order chi connectivity index (χ1) is 19.6.